The third-order valence-corrected chi connectivity index (χ3v) is 7.01. The summed E-state index contributed by atoms with van der Waals surface area (Å²) in [5, 5.41) is 9.10. The summed E-state index contributed by atoms with van der Waals surface area (Å²) in [6.45, 7) is 7.20. The third-order valence-electron chi connectivity index (χ3n) is 4.95. The van der Waals surface area contributed by atoms with E-state index in [-0.39, 0.29) is 0 Å². The average molecular weight is 400 g/mol. The van der Waals surface area contributed by atoms with Crippen LogP contribution in [0.3, 0.4) is 0 Å². The van der Waals surface area contributed by atoms with E-state index in [2.05, 4.69) is 11.0 Å². The van der Waals surface area contributed by atoms with E-state index >= 15 is 0 Å². The lowest BCUT2D eigenvalue weighted by Crippen LogP contribution is -2.49. The molecule has 1 heterocycles. The number of aryl methyl sites for hydroxylation is 2. The first-order chi connectivity index (χ1) is 13.4. The first-order valence-corrected chi connectivity index (χ1v) is 10.8. The Morgan fingerprint density at radius 3 is 2.46 bits per heavy atom. The van der Waals surface area contributed by atoms with E-state index in [0.717, 1.165) is 11.1 Å². The zero-order valence-corrected chi connectivity index (χ0v) is 17.1. The van der Waals surface area contributed by atoms with Crippen molar-refractivity contribution in [3.63, 3.8) is 0 Å². The molecule has 1 fully saturated rings. The van der Waals surface area contributed by atoms with E-state index in [4.69, 9.17) is 10.00 Å². The van der Waals surface area contributed by atoms with Crippen LogP contribution in [-0.2, 0) is 10.0 Å². The van der Waals surface area contributed by atoms with E-state index in [1.165, 1.54) is 0 Å². The molecule has 0 saturated carbocycles. The van der Waals surface area contributed by atoms with E-state index in [1.807, 2.05) is 32.0 Å². The molecule has 0 spiro atoms. The fourth-order valence-electron chi connectivity index (χ4n) is 3.39. The van der Waals surface area contributed by atoms with E-state index in [0.29, 0.717) is 55.5 Å². The number of para-hydroxylation sites is 1. The Labute approximate surface area is 167 Å². The zero-order chi connectivity index (χ0) is 20.1. The van der Waals surface area contributed by atoms with Crippen molar-refractivity contribution in [2.75, 3.05) is 39.3 Å². The number of benzene rings is 2. The summed E-state index contributed by atoms with van der Waals surface area (Å²) in [7, 11) is -3.47. The number of ether oxygens (including phenoxy) is 1. The third kappa shape index (κ3) is 4.53. The Balaban J connectivity index is 1.53. The van der Waals surface area contributed by atoms with E-state index < -0.39 is 10.0 Å². The Bertz CT molecular complexity index is 975. The van der Waals surface area contributed by atoms with E-state index in [1.54, 1.807) is 28.6 Å². The summed E-state index contributed by atoms with van der Waals surface area (Å²) in [6.07, 6.45) is 0. The highest BCUT2D eigenvalue weighted by atomic mass is 32.2. The standard InChI is InChI=1S/C21H25N3O3S/c1-17-7-8-21(18(2)15-17)28(25,26)24-11-9-23(10-12-24)13-14-27-20-6-4-3-5-19(20)16-22/h3-8,15H,9-14H2,1-2H3. The van der Waals surface area contributed by atoms with Gasteiger partial charge in [-0.05, 0) is 37.6 Å². The summed E-state index contributed by atoms with van der Waals surface area (Å²) < 4.78 is 33.2. The van der Waals surface area contributed by atoms with Gasteiger partial charge in [-0.2, -0.15) is 9.57 Å². The highest BCUT2D eigenvalue weighted by Crippen LogP contribution is 2.22. The average Bonchev–Trinajstić information content (AvgIpc) is 2.68. The molecule has 1 aliphatic rings. The number of piperazine rings is 1. The van der Waals surface area contributed by atoms with Gasteiger partial charge in [-0.1, -0.05) is 29.8 Å². The van der Waals surface area contributed by atoms with Gasteiger partial charge in [0, 0.05) is 32.7 Å². The van der Waals surface area contributed by atoms with Gasteiger partial charge in [0.2, 0.25) is 10.0 Å². The summed E-state index contributed by atoms with van der Waals surface area (Å²) in [5.41, 5.74) is 2.36. The van der Waals surface area contributed by atoms with Crippen LogP contribution in [0.4, 0.5) is 0 Å². The number of nitriles is 1. The number of hydrogen-bond donors (Lipinski definition) is 0. The SMILES string of the molecule is Cc1ccc(S(=O)(=O)N2CCN(CCOc3ccccc3C#N)CC2)c(C)c1. The van der Waals surface area contributed by atoms with Crippen LogP contribution in [0.15, 0.2) is 47.4 Å². The highest BCUT2D eigenvalue weighted by molar-refractivity contribution is 7.89. The van der Waals surface area contributed by atoms with Gasteiger partial charge in [0.1, 0.15) is 18.4 Å². The Morgan fingerprint density at radius 1 is 1.07 bits per heavy atom. The second-order valence-electron chi connectivity index (χ2n) is 6.97. The topological polar surface area (TPSA) is 73.6 Å². The van der Waals surface area contributed by atoms with Crippen molar-refractivity contribution in [2.45, 2.75) is 18.7 Å². The normalized spacial score (nSPS) is 15.9. The van der Waals surface area contributed by atoms with Crippen LogP contribution >= 0.6 is 0 Å². The maximum absolute atomic E-state index is 12.9. The van der Waals surface area contributed by atoms with Crippen molar-refractivity contribution in [1.82, 2.24) is 9.21 Å². The molecule has 1 saturated heterocycles. The molecule has 0 unspecified atom stereocenters. The number of nitrogens with zero attached hydrogens (tertiary/aromatic N) is 3. The molecule has 0 amide bonds. The van der Waals surface area contributed by atoms with Gasteiger partial charge in [-0.15, -0.1) is 0 Å². The maximum Gasteiger partial charge on any atom is 0.243 e. The lowest BCUT2D eigenvalue weighted by Gasteiger charge is -2.34. The molecule has 1 aliphatic heterocycles. The first kappa shape index (κ1) is 20.3. The minimum Gasteiger partial charge on any atom is -0.491 e. The fraction of sp³-hybridized carbons (Fsp3) is 0.381. The fourth-order valence-corrected chi connectivity index (χ4v) is 5.02. The lowest BCUT2D eigenvalue weighted by atomic mass is 10.2. The molecule has 6 nitrogen and oxygen atoms in total. The molecule has 0 aliphatic carbocycles. The van der Waals surface area contributed by atoms with Crippen molar-refractivity contribution < 1.29 is 13.2 Å². The summed E-state index contributed by atoms with van der Waals surface area (Å²) in [4.78, 5) is 2.58. The van der Waals surface area contributed by atoms with Crippen LogP contribution in [0.5, 0.6) is 5.75 Å². The molecule has 148 valence electrons. The molecule has 3 rings (SSSR count). The molecule has 0 N–H and O–H groups in total. The Kier molecular flexibility index (Phi) is 6.35. The molecule has 0 atom stereocenters. The van der Waals surface area contributed by atoms with Gasteiger partial charge < -0.3 is 4.74 Å². The van der Waals surface area contributed by atoms with Crippen LogP contribution in [-0.4, -0.2) is 57.0 Å². The molecular weight excluding hydrogens is 374 g/mol. The van der Waals surface area contributed by atoms with Crippen molar-refractivity contribution in [3.8, 4) is 11.8 Å². The van der Waals surface area contributed by atoms with Gasteiger partial charge >= 0.3 is 0 Å². The second kappa shape index (κ2) is 8.74. The van der Waals surface area contributed by atoms with Gasteiger partial charge in [-0.25, -0.2) is 8.42 Å². The molecule has 7 heteroatoms. The minimum atomic E-state index is -3.47. The van der Waals surface area contributed by atoms with Crippen molar-refractivity contribution in [2.24, 2.45) is 0 Å². The maximum atomic E-state index is 12.9. The lowest BCUT2D eigenvalue weighted by molar-refractivity contribution is 0.158. The van der Waals surface area contributed by atoms with Gasteiger partial charge in [0.05, 0.1) is 10.5 Å². The molecule has 2 aromatic carbocycles. The molecule has 0 radical (unpaired) electrons. The van der Waals surface area contributed by atoms with Gasteiger partial charge in [0.25, 0.3) is 0 Å². The van der Waals surface area contributed by atoms with Crippen LogP contribution < -0.4 is 4.74 Å². The minimum absolute atomic E-state index is 0.392. The van der Waals surface area contributed by atoms with Crippen LogP contribution in [0.25, 0.3) is 0 Å². The predicted molar refractivity (Wildman–Crippen MR) is 108 cm³/mol. The van der Waals surface area contributed by atoms with Crippen molar-refractivity contribution >= 4 is 10.0 Å². The summed E-state index contributed by atoms with van der Waals surface area (Å²) in [5.74, 6) is 0.584. The molecule has 0 bridgehead atoms. The largest absolute Gasteiger partial charge is 0.491 e. The molecule has 0 aromatic heterocycles. The zero-order valence-electron chi connectivity index (χ0n) is 16.3. The van der Waals surface area contributed by atoms with Gasteiger partial charge in [0.15, 0.2) is 0 Å². The number of rotatable bonds is 6. The smallest absolute Gasteiger partial charge is 0.243 e. The predicted octanol–water partition coefficient (Wildman–Crippen LogP) is 2.56. The molecule has 28 heavy (non-hydrogen) atoms. The van der Waals surface area contributed by atoms with Crippen LogP contribution in [0, 0.1) is 25.2 Å². The molecule has 2 aromatic rings. The van der Waals surface area contributed by atoms with E-state index in [9.17, 15) is 8.42 Å². The van der Waals surface area contributed by atoms with Crippen molar-refractivity contribution in [3.05, 3.63) is 59.2 Å². The van der Waals surface area contributed by atoms with Gasteiger partial charge in [-0.3, -0.25) is 4.90 Å². The quantitative estimate of drug-likeness (QED) is 0.746. The van der Waals surface area contributed by atoms with Crippen LogP contribution in [0.1, 0.15) is 16.7 Å². The van der Waals surface area contributed by atoms with Crippen LogP contribution in [0.2, 0.25) is 0 Å². The number of hydrogen-bond acceptors (Lipinski definition) is 5. The van der Waals surface area contributed by atoms with Crippen molar-refractivity contribution in [1.29, 1.82) is 5.26 Å². The summed E-state index contributed by atoms with van der Waals surface area (Å²) >= 11 is 0. The Hall–Kier alpha value is -2.40. The monoisotopic (exact) mass is 399 g/mol. The second-order valence-corrected chi connectivity index (χ2v) is 8.88. The number of sulfonamides is 1. The Morgan fingerprint density at radius 2 is 1.79 bits per heavy atom. The highest BCUT2D eigenvalue weighted by Gasteiger charge is 2.29. The first-order valence-electron chi connectivity index (χ1n) is 9.33. The molecular formula is C21H25N3O3S. The summed E-state index contributed by atoms with van der Waals surface area (Å²) in [6, 6.07) is 14.7.